The van der Waals surface area contributed by atoms with E-state index in [1.165, 1.54) is 0 Å². The Labute approximate surface area is 103 Å². The third kappa shape index (κ3) is 2.59. The third-order valence-electron chi connectivity index (χ3n) is 3.40. The van der Waals surface area contributed by atoms with Crippen molar-refractivity contribution in [2.24, 2.45) is 0 Å². The van der Waals surface area contributed by atoms with E-state index in [4.69, 9.17) is 9.31 Å². The highest BCUT2D eigenvalue weighted by Crippen LogP contribution is 2.36. The van der Waals surface area contributed by atoms with Gasteiger partial charge in [-0.1, -0.05) is 18.1 Å². The van der Waals surface area contributed by atoms with Crippen LogP contribution in [0.1, 0.15) is 33.3 Å². The first-order chi connectivity index (χ1) is 7.91. The first-order valence-electron chi connectivity index (χ1n) is 5.85. The summed E-state index contributed by atoms with van der Waals surface area (Å²) in [6, 6.07) is 3.90. The molecule has 0 bridgehead atoms. The molecule has 0 radical (unpaired) electrons. The summed E-state index contributed by atoms with van der Waals surface area (Å²) in [7, 11) is -0.291. The Morgan fingerprint density at radius 3 is 2.35 bits per heavy atom. The lowest BCUT2D eigenvalue weighted by atomic mass is 9.89. The van der Waals surface area contributed by atoms with E-state index in [1.54, 1.807) is 6.20 Å². The van der Waals surface area contributed by atoms with Gasteiger partial charge in [-0.05, 0) is 39.3 Å². The Kier molecular flexibility index (Phi) is 3.10. The van der Waals surface area contributed by atoms with Gasteiger partial charge in [-0.2, -0.15) is 0 Å². The van der Waals surface area contributed by atoms with Crippen LogP contribution >= 0.6 is 0 Å². The standard InChI is InChI=1S/C13H18BNO2/c1-12(2)13(3,4)17-14(16-12)8-7-11-6-5-9-15-10-11/h5-10H,1-4H3. The van der Waals surface area contributed by atoms with E-state index in [1.807, 2.05) is 58.1 Å². The second-order valence-electron chi connectivity index (χ2n) is 5.27. The summed E-state index contributed by atoms with van der Waals surface area (Å²) >= 11 is 0. The fraction of sp³-hybridized carbons (Fsp3) is 0.462. The normalized spacial score (nSPS) is 22.2. The number of rotatable bonds is 2. The smallest absolute Gasteiger partial charge is 0.400 e. The zero-order chi connectivity index (χ0) is 12.5. The van der Waals surface area contributed by atoms with Crippen LogP contribution in [0.25, 0.3) is 6.08 Å². The molecule has 3 nitrogen and oxygen atoms in total. The molecule has 90 valence electrons. The topological polar surface area (TPSA) is 31.4 Å². The summed E-state index contributed by atoms with van der Waals surface area (Å²) < 4.78 is 11.7. The molecule has 0 unspecified atom stereocenters. The zero-order valence-corrected chi connectivity index (χ0v) is 10.8. The van der Waals surface area contributed by atoms with Crippen LogP contribution in [0.5, 0.6) is 0 Å². The fourth-order valence-electron chi connectivity index (χ4n) is 1.63. The van der Waals surface area contributed by atoms with Crippen molar-refractivity contribution in [3.63, 3.8) is 0 Å². The van der Waals surface area contributed by atoms with Gasteiger partial charge in [0.15, 0.2) is 0 Å². The molecule has 17 heavy (non-hydrogen) atoms. The molecule has 0 spiro atoms. The Morgan fingerprint density at radius 1 is 1.18 bits per heavy atom. The van der Waals surface area contributed by atoms with Gasteiger partial charge in [0.25, 0.3) is 0 Å². The van der Waals surface area contributed by atoms with Crippen LogP contribution in [0.15, 0.2) is 30.5 Å². The van der Waals surface area contributed by atoms with E-state index in [0.29, 0.717) is 0 Å². The van der Waals surface area contributed by atoms with Gasteiger partial charge < -0.3 is 9.31 Å². The number of pyridine rings is 1. The Morgan fingerprint density at radius 2 is 1.82 bits per heavy atom. The summed E-state index contributed by atoms with van der Waals surface area (Å²) in [6.45, 7) is 8.19. The lowest BCUT2D eigenvalue weighted by Crippen LogP contribution is -2.41. The molecule has 0 aromatic carbocycles. The summed E-state index contributed by atoms with van der Waals surface area (Å²) in [6.07, 6.45) is 5.53. The molecule has 0 N–H and O–H groups in total. The van der Waals surface area contributed by atoms with Crippen molar-refractivity contribution in [3.8, 4) is 0 Å². The molecule has 0 atom stereocenters. The molecule has 2 heterocycles. The first kappa shape index (κ1) is 12.3. The van der Waals surface area contributed by atoms with E-state index in [2.05, 4.69) is 4.98 Å². The number of hydrogen-bond acceptors (Lipinski definition) is 3. The largest absolute Gasteiger partial charge is 0.487 e. The molecule has 4 heteroatoms. The summed E-state index contributed by atoms with van der Waals surface area (Å²) in [4.78, 5) is 4.05. The maximum atomic E-state index is 5.86. The van der Waals surface area contributed by atoms with E-state index in [9.17, 15) is 0 Å². The van der Waals surface area contributed by atoms with E-state index >= 15 is 0 Å². The van der Waals surface area contributed by atoms with Crippen LogP contribution in [-0.2, 0) is 9.31 Å². The molecule has 1 aromatic rings. The van der Waals surface area contributed by atoms with Gasteiger partial charge in [0.05, 0.1) is 11.2 Å². The van der Waals surface area contributed by atoms with Crippen molar-refractivity contribution >= 4 is 13.2 Å². The Hall–Kier alpha value is -1.13. The van der Waals surface area contributed by atoms with Crippen molar-refractivity contribution in [2.75, 3.05) is 0 Å². The highest BCUT2D eigenvalue weighted by Gasteiger charge is 2.49. The maximum absolute atomic E-state index is 5.86. The third-order valence-corrected chi connectivity index (χ3v) is 3.40. The minimum absolute atomic E-state index is 0.281. The molecular formula is C13H18BNO2. The summed E-state index contributed by atoms with van der Waals surface area (Å²) in [5.41, 5.74) is 0.482. The molecule has 0 saturated carbocycles. The monoisotopic (exact) mass is 231 g/mol. The average molecular weight is 231 g/mol. The van der Waals surface area contributed by atoms with Crippen LogP contribution < -0.4 is 0 Å². The van der Waals surface area contributed by atoms with Crippen LogP contribution in [0.4, 0.5) is 0 Å². The van der Waals surface area contributed by atoms with Crippen LogP contribution in [-0.4, -0.2) is 23.3 Å². The number of hydrogen-bond donors (Lipinski definition) is 0. The lowest BCUT2D eigenvalue weighted by molar-refractivity contribution is 0.00578. The van der Waals surface area contributed by atoms with Gasteiger partial charge in [-0.15, -0.1) is 0 Å². The molecule has 1 saturated heterocycles. The zero-order valence-electron chi connectivity index (χ0n) is 10.8. The Bertz CT molecular complexity index is 399. The van der Waals surface area contributed by atoms with Gasteiger partial charge in [0, 0.05) is 12.4 Å². The highest BCUT2D eigenvalue weighted by atomic mass is 16.7. The Balaban J connectivity index is 2.06. The molecule has 1 aliphatic heterocycles. The second kappa shape index (κ2) is 4.28. The van der Waals surface area contributed by atoms with Crippen LogP contribution in [0, 0.1) is 0 Å². The average Bonchev–Trinajstić information content (AvgIpc) is 2.46. The quantitative estimate of drug-likeness (QED) is 0.733. The molecule has 1 fully saturated rings. The van der Waals surface area contributed by atoms with E-state index < -0.39 is 0 Å². The fourth-order valence-corrected chi connectivity index (χ4v) is 1.63. The number of nitrogens with zero attached hydrogens (tertiary/aromatic N) is 1. The predicted octanol–water partition coefficient (Wildman–Crippen LogP) is 2.73. The second-order valence-corrected chi connectivity index (χ2v) is 5.27. The van der Waals surface area contributed by atoms with Crippen LogP contribution in [0.2, 0.25) is 0 Å². The van der Waals surface area contributed by atoms with Crippen molar-refractivity contribution in [1.82, 2.24) is 4.98 Å². The van der Waals surface area contributed by atoms with E-state index in [-0.39, 0.29) is 18.3 Å². The molecule has 2 rings (SSSR count). The SMILES string of the molecule is CC1(C)OB(C=Cc2cccnc2)OC1(C)C. The van der Waals surface area contributed by atoms with Crippen LogP contribution in [0.3, 0.4) is 0 Å². The van der Waals surface area contributed by atoms with Crippen molar-refractivity contribution in [3.05, 3.63) is 36.1 Å². The van der Waals surface area contributed by atoms with Gasteiger partial charge >= 0.3 is 7.12 Å². The number of aromatic nitrogens is 1. The van der Waals surface area contributed by atoms with Gasteiger partial charge in [-0.3, -0.25) is 4.98 Å². The summed E-state index contributed by atoms with van der Waals surface area (Å²) in [5.74, 6) is 1.92. The molecule has 0 aliphatic carbocycles. The van der Waals surface area contributed by atoms with E-state index in [0.717, 1.165) is 5.56 Å². The minimum atomic E-state index is -0.291. The van der Waals surface area contributed by atoms with Crippen molar-refractivity contribution in [1.29, 1.82) is 0 Å². The molecule has 1 aliphatic rings. The van der Waals surface area contributed by atoms with Crippen molar-refractivity contribution in [2.45, 2.75) is 38.9 Å². The molecule has 0 amide bonds. The van der Waals surface area contributed by atoms with Gasteiger partial charge in [-0.25, -0.2) is 0 Å². The lowest BCUT2D eigenvalue weighted by Gasteiger charge is -2.32. The van der Waals surface area contributed by atoms with Gasteiger partial charge in [0.2, 0.25) is 0 Å². The molecule has 1 aromatic heterocycles. The van der Waals surface area contributed by atoms with Gasteiger partial charge in [0.1, 0.15) is 0 Å². The predicted molar refractivity (Wildman–Crippen MR) is 69.4 cm³/mol. The summed E-state index contributed by atoms with van der Waals surface area (Å²) in [5, 5.41) is 0. The molecular weight excluding hydrogens is 213 g/mol. The highest BCUT2D eigenvalue weighted by molar-refractivity contribution is 6.52. The minimum Gasteiger partial charge on any atom is -0.400 e. The van der Waals surface area contributed by atoms with Crippen molar-refractivity contribution < 1.29 is 9.31 Å². The first-order valence-corrected chi connectivity index (χ1v) is 5.85. The maximum Gasteiger partial charge on any atom is 0.487 e.